The van der Waals surface area contributed by atoms with E-state index in [4.69, 9.17) is 9.15 Å². The van der Waals surface area contributed by atoms with Gasteiger partial charge in [0.15, 0.2) is 0 Å². The predicted octanol–water partition coefficient (Wildman–Crippen LogP) is 3.89. The van der Waals surface area contributed by atoms with E-state index in [2.05, 4.69) is 14.9 Å². The fraction of sp³-hybridized carbons (Fsp3) is 0.200. The highest BCUT2D eigenvalue weighted by atomic mass is 32.1. The van der Waals surface area contributed by atoms with Gasteiger partial charge < -0.3 is 14.1 Å². The largest absolute Gasteiger partial charge is 0.497 e. The second kappa shape index (κ2) is 7.38. The van der Waals surface area contributed by atoms with Crippen molar-refractivity contribution >= 4 is 21.6 Å². The van der Waals surface area contributed by atoms with Crippen molar-refractivity contribution in [2.45, 2.75) is 13.1 Å². The van der Waals surface area contributed by atoms with E-state index in [0.29, 0.717) is 23.5 Å². The van der Waals surface area contributed by atoms with Crippen LogP contribution >= 0.6 is 11.3 Å². The zero-order valence-electron chi connectivity index (χ0n) is 15.1. The average Bonchev–Trinajstić information content (AvgIpc) is 3.31. The average molecular weight is 381 g/mol. The molecule has 0 radical (unpaired) electrons. The van der Waals surface area contributed by atoms with Crippen LogP contribution in [-0.4, -0.2) is 29.0 Å². The number of aromatic amines is 1. The molecule has 0 unspecified atom stereocenters. The third-order valence-electron chi connectivity index (χ3n) is 4.31. The van der Waals surface area contributed by atoms with E-state index in [1.54, 1.807) is 13.4 Å². The summed E-state index contributed by atoms with van der Waals surface area (Å²) in [4.78, 5) is 23.0. The lowest BCUT2D eigenvalue weighted by Crippen LogP contribution is -2.21. The lowest BCUT2D eigenvalue weighted by Gasteiger charge is -2.16. The minimum Gasteiger partial charge on any atom is -0.497 e. The lowest BCUT2D eigenvalue weighted by molar-refractivity contribution is 0.310. The first-order chi connectivity index (χ1) is 13.1. The second-order valence-electron chi connectivity index (χ2n) is 6.34. The van der Waals surface area contributed by atoms with Gasteiger partial charge in [-0.3, -0.25) is 9.69 Å². The Morgan fingerprint density at radius 3 is 2.74 bits per heavy atom. The molecule has 27 heavy (non-hydrogen) atoms. The van der Waals surface area contributed by atoms with Crippen LogP contribution in [0.15, 0.2) is 57.3 Å². The summed E-state index contributed by atoms with van der Waals surface area (Å²) in [5, 5.41) is 2.49. The first-order valence-electron chi connectivity index (χ1n) is 8.50. The fourth-order valence-electron chi connectivity index (χ4n) is 3.04. The maximum atomic E-state index is 12.6. The van der Waals surface area contributed by atoms with Crippen LogP contribution in [0, 0.1) is 0 Å². The minimum atomic E-state index is -0.138. The number of thiophene rings is 1. The Morgan fingerprint density at radius 2 is 2.04 bits per heavy atom. The number of nitrogens with zero attached hydrogens (tertiary/aromatic N) is 2. The Bertz CT molecular complexity index is 1100. The summed E-state index contributed by atoms with van der Waals surface area (Å²) in [6.07, 6.45) is 1.60. The van der Waals surface area contributed by atoms with E-state index in [1.807, 2.05) is 48.8 Å². The van der Waals surface area contributed by atoms with Crippen molar-refractivity contribution in [1.29, 1.82) is 0 Å². The second-order valence-corrected chi connectivity index (χ2v) is 7.20. The molecule has 0 amide bonds. The van der Waals surface area contributed by atoms with Crippen LogP contribution in [0.3, 0.4) is 0 Å². The number of methoxy groups -OCH3 is 1. The van der Waals surface area contributed by atoms with Crippen LogP contribution < -0.4 is 10.3 Å². The molecule has 0 atom stereocenters. The number of H-pyrrole nitrogens is 1. The molecule has 4 aromatic rings. The quantitative estimate of drug-likeness (QED) is 0.549. The molecule has 7 heteroatoms. The Balaban J connectivity index is 1.54. The molecule has 3 heterocycles. The number of fused-ring (bicyclic) bond motifs is 1. The van der Waals surface area contributed by atoms with E-state index in [1.165, 1.54) is 11.3 Å². The van der Waals surface area contributed by atoms with Gasteiger partial charge in [-0.25, -0.2) is 4.98 Å². The molecule has 4 rings (SSSR count). The molecular formula is C20H19N3O3S. The zero-order chi connectivity index (χ0) is 18.8. The van der Waals surface area contributed by atoms with Gasteiger partial charge in [0.05, 0.1) is 25.3 Å². The Kier molecular flexibility index (Phi) is 4.79. The summed E-state index contributed by atoms with van der Waals surface area (Å²) in [6, 6.07) is 11.6. The number of nitrogens with one attached hydrogen (secondary N) is 1. The normalized spacial score (nSPS) is 11.4. The van der Waals surface area contributed by atoms with Crippen molar-refractivity contribution < 1.29 is 9.15 Å². The standard InChI is InChI=1S/C20H19N3O3S/c1-23(10-13-5-7-14(25-2)8-6-13)11-17-21-19(24)18-15(12-27-20(18)22-17)16-4-3-9-26-16/h3-9,12H,10-11H2,1-2H3,(H,21,22,24). The molecule has 138 valence electrons. The number of hydrogen-bond donors (Lipinski definition) is 1. The van der Waals surface area contributed by atoms with E-state index in [-0.39, 0.29) is 5.56 Å². The van der Waals surface area contributed by atoms with Gasteiger partial charge in [-0.1, -0.05) is 12.1 Å². The van der Waals surface area contributed by atoms with E-state index >= 15 is 0 Å². The van der Waals surface area contributed by atoms with Gasteiger partial charge in [0.25, 0.3) is 5.56 Å². The summed E-state index contributed by atoms with van der Waals surface area (Å²) in [7, 11) is 3.65. The molecule has 0 fully saturated rings. The van der Waals surface area contributed by atoms with E-state index < -0.39 is 0 Å². The number of aromatic nitrogens is 2. The van der Waals surface area contributed by atoms with Crippen molar-refractivity contribution in [2.75, 3.05) is 14.2 Å². The van der Waals surface area contributed by atoms with Gasteiger partial charge in [0.2, 0.25) is 0 Å². The fourth-order valence-corrected chi connectivity index (χ4v) is 3.98. The number of benzene rings is 1. The zero-order valence-corrected chi connectivity index (χ0v) is 15.9. The molecular weight excluding hydrogens is 362 g/mol. The summed E-state index contributed by atoms with van der Waals surface area (Å²) in [5.74, 6) is 2.16. The molecule has 0 bridgehead atoms. The van der Waals surface area contributed by atoms with Gasteiger partial charge in [0.1, 0.15) is 22.2 Å². The molecule has 1 aromatic carbocycles. The van der Waals surface area contributed by atoms with Crippen LogP contribution in [0.25, 0.3) is 21.5 Å². The molecule has 0 saturated carbocycles. The van der Waals surface area contributed by atoms with Crippen LogP contribution in [0.4, 0.5) is 0 Å². The van der Waals surface area contributed by atoms with Crippen LogP contribution in [0.1, 0.15) is 11.4 Å². The highest BCUT2D eigenvalue weighted by Gasteiger charge is 2.15. The van der Waals surface area contributed by atoms with Crippen LogP contribution in [0.5, 0.6) is 5.75 Å². The van der Waals surface area contributed by atoms with Crippen molar-refractivity contribution in [2.24, 2.45) is 0 Å². The molecule has 0 aliphatic rings. The van der Waals surface area contributed by atoms with Crippen molar-refractivity contribution in [3.63, 3.8) is 0 Å². The third-order valence-corrected chi connectivity index (χ3v) is 5.18. The topological polar surface area (TPSA) is 71.4 Å². The summed E-state index contributed by atoms with van der Waals surface area (Å²) < 4.78 is 10.6. The Morgan fingerprint density at radius 1 is 1.22 bits per heavy atom. The smallest absolute Gasteiger partial charge is 0.260 e. The number of hydrogen-bond acceptors (Lipinski definition) is 6. The number of furan rings is 1. The van der Waals surface area contributed by atoms with Crippen LogP contribution in [0.2, 0.25) is 0 Å². The summed E-state index contributed by atoms with van der Waals surface area (Å²) in [5.41, 5.74) is 1.81. The molecule has 3 aromatic heterocycles. The monoisotopic (exact) mass is 381 g/mol. The first-order valence-corrected chi connectivity index (χ1v) is 9.38. The molecule has 0 aliphatic carbocycles. The highest BCUT2D eigenvalue weighted by molar-refractivity contribution is 7.17. The number of rotatable bonds is 6. The van der Waals surface area contributed by atoms with Gasteiger partial charge in [-0.2, -0.15) is 0 Å². The highest BCUT2D eigenvalue weighted by Crippen LogP contribution is 2.30. The maximum Gasteiger partial charge on any atom is 0.260 e. The lowest BCUT2D eigenvalue weighted by atomic mass is 10.2. The van der Waals surface area contributed by atoms with Gasteiger partial charge in [-0.15, -0.1) is 11.3 Å². The SMILES string of the molecule is COc1ccc(CN(C)Cc2nc3scc(-c4ccco4)c3c(=O)[nH]2)cc1. The molecule has 0 saturated heterocycles. The number of ether oxygens (including phenoxy) is 1. The molecule has 6 nitrogen and oxygen atoms in total. The van der Waals surface area contributed by atoms with E-state index in [9.17, 15) is 4.79 Å². The van der Waals surface area contributed by atoms with Crippen molar-refractivity contribution in [3.8, 4) is 17.1 Å². The Hall–Kier alpha value is -2.90. The maximum absolute atomic E-state index is 12.6. The van der Waals surface area contributed by atoms with Gasteiger partial charge in [-0.05, 0) is 36.9 Å². The molecule has 0 aliphatic heterocycles. The minimum absolute atomic E-state index is 0.138. The van der Waals surface area contributed by atoms with E-state index in [0.717, 1.165) is 28.3 Å². The van der Waals surface area contributed by atoms with Crippen molar-refractivity contribution in [1.82, 2.24) is 14.9 Å². The molecule has 0 spiro atoms. The third kappa shape index (κ3) is 3.65. The van der Waals surface area contributed by atoms with Crippen molar-refractivity contribution in [3.05, 3.63) is 69.8 Å². The summed E-state index contributed by atoms with van der Waals surface area (Å²) >= 11 is 1.45. The van der Waals surface area contributed by atoms with Crippen LogP contribution in [-0.2, 0) is 13.1 Å². The summed E-state index contributed by atoms with van der Waals surface area (Å²) in [6.45, 7) is 1.29. The van der Waals surface area contributed by atoms with Gasteiger partial charge >= 0.3 is 0 Å². The van der Waals surface area contributed by atoms with Gasteiger partial charge in [0, 0.05) is 17.5 Å². The Labute approximate surface area is 160 Å². The molecule has 1 N–H and O–H groups in total. The predicted molar refractivity (Wildman–Crippen MR) is 106 cm³/mol. The first kappa shape index (κ1) is 17.5.